The van der Waals surface area contributed by atoms with E-state index in [1.54, 1.807) is 0 Å². The van der Waals surface area contributed by atoms with Crippen molar-refractivity contribution in [3.63, 3.8) is 0 Å². The van der Waals surface area contributed by atoms with E-state index in [-0.39, 0.29) is 18.1 Å². The summed E-state index contributed by atoms with van der Waals surface area (Å²) >= 11 is 0. The molecule has 6 unspecified atom stereocenters. The molecule has 17 heavy (non-hydrogen) atoms. The number of aliphatic hydroxyl groups excluding tert-OH is 2. The van der Waals surface area contributed by atoms with Crippen molar-refractivity contribution in [1.82, 2.24) is 0 Å². The molecule has 98 valence electrons. The van der Waals surface area contributed by atoms with Gasteiger partial charge in [0.05, 0.1) is 12.2 Å². The molecule has 0 radical (unpaired) electrons. The van der Waals surface area contributed by atoms with Crippen molar-refractivity contribution in [2.45, 2.75) is 57.1 Å². The number of hydrogen-bond donors (Lipinski definition) is 3. The van der Waals surface area contributed by atoms with E-state index in [0.717, 1.165) is 12.8 Å². The largest absolute Gasteiger partial charge is 0.385 e. The Morgan fingerprint density at radius 3 is 2.59 bits per heavy atom. The van der Waals surface area contributed by atoms with Gasteiger partial charge in [-0.25, -0.2) is 0 Å². The van der Waals surface area contributed by atoms with Crippen LogP contribution in [0.2, 0.25) is 0 Å². The molecule has 5 nitrogen and oxygen atoms in total. The lowest BCUT2D eigenvalue weighted by molar-refractivity contribution is -0.244. The number of fused-ring (bicyclic) bond motifs is 1. The van der Waals surface area contributed by atoms with Crippen LogP contribution in [0.4, 0.5) is 0 Å². The fourth-order valence-corrected chi connectivity index (χ4v) is 3.57. The van der Waals surface area contributed by atoms with Crippen LogP contribution < -0.4 is 0 Å². The molecule has 3 rings (SSSR count). The third-order valence-electron chi connectivity index (χ3n) is 4.46. The highest BCUT2D eigenvalue weighted by Crippen LogP contribution is 2.57. The van der Waals surface area contributed by atoms with E-state index in [4.69, 9.17) is 9.47 Å². The molecule has 3 aliphatic rings. The van der Waals surface area contributed by atoms with Crippen LogP contribution >= 0.6 is 0 Å². The average Bonchev–Trinajstić information content (AvgIpc) is 2.80. The summed E-state index contributed by atoms with van der Waals surface area (Å²) in [6, 6.07) is 0. The van der Waals surface area contributed by atoms with E-state index in [9.17, 15) is 15.3 Å². The monoisotopic (exact) mass is 244 g/mol. The Morgan fingerprint density at radius 2 is 1.94 bits per heavy atom. The fourth-order valence-electron chi connectivity index (χ4n) is 3.57. The van der Waals surface area contributed by atoms with E-state index in [1.165, 1.54) is 13.8 Å². The van der Waals surface area contributed by atoms with Crippen molar-refractivity contribution in [2.24, 2.45) is 17.8 Å². The van der Waals surface area contributed by atoms with Crippen LogP contribution in [0.5, 0.6) is 0 Å². The first-order valence-electron chi connectivity index (χ1n) is 6.27. The molecule has 2 saturated carbocycles. The summed E-state index contributed by atoms with van der Waals surface area (Å²) in [5, 5.41) is 29.2. The predicted octanol–water partition coefficient (Wildman–Crippen LogP) is -0.166. The second-order valence-electron chi connectivity index (χ2n) is 6.16. The molecule has 0 spiro atoms. The molecule has 3 N–H and O–H groups in total. The Balaban J connectivity index is 1.71. The normalized spacial score (nSPS) is 49.9. The topological polar surface area (TPSA) is 79.2 Å². The van der Waals surface area contributed by atoms with Gasteiger partial charge in [0.15, 0.2) is 12.6 Å². The highest BCUT2D eigenvalue weighted by atomic mass is 16.7. The van der Waals surface area contributed by atoms with Gasteiger partial charge in [0.1, 0.15) is 5.60 Å². The second kappa shape index (κ2) is 3.65. The van der Waals surface area contributed by atoms with Gasteiger partial charge in [0.2, 0.25) is 0 Å². The zero-order valence-corrected chi connectivity index (χ0v) is 10.1. The molecule has 0 aromatic heterocycles. The molecule has 2 bridgehead atoms. The van der Waals surface area contributed by atoms with Crippen LogP contribution in [0.25, 0.3) is 0 Å². The van der Waals surface area contributed by atoms with Gasteiger partial charge in [-0.05, 0) is 38.5 Å². The fraction of sp³-hybridized carbons (Fsp3) is 1.00. The molecule has 2 aliphatic carbocycles. The Hall–Kier alpha value is -0.200. The van der Waals surface area contributed by atoms with Crippen molar-refractivity contribution >= 4 is 0 Å². The van der Waals surface area contributed by atoms with Crippen LogP contribution in [0.1, 0.15) is 26.7 Å². The Labute approximate surface area is 100 Å². The first-order chi connectivity index (χ1) is 7.88. The smallest absolute Gasteiger partial charge is 0.183 e. The van der Waals surface area contributed by atoms with Crippen LogP contribution in [0, 0.1) is 17.8 Å². The standard InChI is InChI=1S/C12H20O5/c1-12(2,15)11(14)17-8-5-3-6-7(4-5)10(13)16-9(6)8/h5-11,13-15H,3-4H2,1-2H3/t5?,6?,7?,8?,9?,10?,11-/m0/s1. The van der Waals surface area contributed by atoms with Gasteiger partial charge in [0, 0.05) is 5.92 Å². The van der Waals surface area contributed by atoms with E-state index in [0.29, 0.717) is 11.8 Å². The van der Waals surface area contributed by atoms with Gasteiger partial charge >= 0.3 is 0 Å². The third-order valence-corrected chi connectivity index (χ3v) is 4.46. The lowest BCUT2D eigenvalue weighted by atomic mass is 9.87. The van der Waals surface area contributed by atoms with E-state index in [1.807, 2.05) is 0 Å². The highest BCUT2D eigenvalue weighted by Gasteiger charge is 2.61. The van der Waals surface area contributed by atoms with Crippen LogP contribution in [0.15, 0.2) is 0 Å². The molecular formula is C12H20O5. The summed E-state index contributed by atoms with van der Waals surface area (Å²) in [5.74, 6) is 0.933. The van der Waals surface area contributed by atoms with Crippen molar-refractivity contribution < 1.29 is 24.8 Å². The third kappa shape index (κ3) is 1.72. The maximum atomic E-state index is 9.78. The Morgan fingerprint density at radius 1 is 1.29 bits per heavy atom. The number of rotatable bonds is 3. The minimum absolute atomic E-state index is 0.120. The molecule has 3 fully saturated rings. The number of hydrogen-bond acceptors (Lipinski definition) is 5. The maximum absolute atomic E-state index is 9.78. The van der Waals surface area contributed by atoms with Crippen molar-refractivity contribution in [2.75, 3.05) is 0 Å². The summed E-state index contributed by atoms with van der Waals surface area (Å²) in [7, 11) is 0. The lowest BCUT2D eigenvalue weighted by Crippen LogP contribution is -2.45. The molecule has 0 aromatic carbocycles. The molecule has 7 atom stereocenters. The SMILES string of the molecule is CC(C)(O)[C@@H](O)OC1C2CC3C(O)OC1C3C2. The van der Waals surface area contributed by atoms with Gasteiger partial charge in [-0.1, -0.05) is 0 Å². The Bertz CT molecular complexity index is 313. The van der Waals surface area contributed by atoms with E-state index in [2.05, 4.69) is 0 Å². The van der Waals surface area contributed by atoms with Gasteiger partial charge in [0.25, 0.3) is 0 Å². The van der Waals surface area contributed by atoms with Crippen molar-refractivity contribution in [1.29, 1.82) is 0 Å². The maximum Gasteiger partial charge on any atom is 0.183 e. The van der Waals surface area contributed by atoms with Crippen LogP contribution in [-0.2, 0) is 9.47 Å². The molecule has 1 heterocycles. The minimum atomic E-state index is -1.28. The van der Waals surface area contributed by atoms with Crippen molar-refractivity contribution in [3.8, 4) is 0 Å². The first-order valence-corrected chi connectivity index (χ1v) is 6.27. The summed E-state index contributed by atoms with van der Waals surface area (Å²) in [4.78, 5) is 0. The van der Waals surface area contributed by atoms with Gasteiger partial charge < -0.3 is 24.8 Å². The van der Waals surface area contributed by atoms with Gasteiger partial charge in [-0.15, -0.1) is 0 Å². The molecule has 1 saturated heterocycles. The number of aliphatic hydroxyl groups is 3. The van der Waals surface area contributed by atoms with Gasteiger partial charge in [-0.2, -0.15) is 0 Å². The van der Waals surface area contributed by atoms with E-state index >= 15 is 0 Å². The number of ether oxygens (including phenoxy) is 2. The molecule has 0 amide bonds. The quantitative estimate of drug-likeness (QED) is 0.601. The van der Waals surface area contributed by atoms with Crippen LogP contribution in [0.3, 0.4) is 0 Å². The zero-order chi connectivity index (χ0) is 12.4. The Kier molecular flexibility index (Phi) is 2.55. The zero-order valence-electron chi connectivity index (χ0n) is 10.1. The molecule has 5 heteroatoms. The minimum Gasteiger partial charge on any atom is -0.385 e. The molecular weight excluding hydrogens is 224 g/mol. The van der Waals surface area contributed by atoms with Crippen LogP contribution in [-0.4, -0.2) is 45.7 Å². The molecule has 0 aromatic rings. The molecule has 1 aliphatic heterocycles. The first kappa shape index (κ1) is 11.9. The summed E-state index contributed by atoms with van der Waals surface area (Å²) in [6.45, 7) is 3.02. The summed E-state index contributed by atoms with van der Waals surface area (Å²) < 4.78 is 11.1. The van der Waals surface area contributed by atoms with E-state index < -0.39 is 18.2 Å². The van der Waals surface area contributed by atoms with Gasteiger partial charge in [-0.3, -0.25) is 0 Å². The summed E-state index contributed by atoms with van der Waals surface area (Å²) in [5.41, 5.74) is -1.28. The lowest BCUT2D eigenvalue weighted by Gasteiger charge is -2.32. The second-order valence-corrected chi connectivity index (χ2v) is 6.16. The predicted molar refractivity (Wildman–Crippen MR) is 57.8 cm³/mol. The van der Waals surface area contributed by atoms with Crippen molar-refractivity contribution in [3.05, 3.63) is 0 Å². The summed E-state index contributed by atoms with van der Waals surface area (Å²) in [6.07, 6.45) is -0.323. The average molecular weight is 244 g/mol. The highest BCUT2D eigenvalue weighted by molar-refractivity contribution is 5.07.